The normalized spacial score (nSPS) is 12.8. The van der Waals surface area contributed by atoms with Crippen molar-refractivity contribution in [2.45, 2.75) is 19.5 Å². The second kappa shape index (κ2) is 8.46. The summed E-state index contributed by atoms with van der Waals surface area (Å²) in [4.78, 5) is 34.9. The number of nitrogens with one attached hydrogen (secondary N) is 2. The number of rotatable bonds is 7. The van der Waals surface area contributed by atoms with Gasteiger partial charge < -0.3 is 24.8 Å². The van der Waals surface area contributed by atoms with Gasteiger partial charge in [0.25, 0.3) is 11.6 Å². The molecule has 10 nitrogen and oxygen atoms in total. The predicted octanol–water partition coefficient (Wildman–Crippen LogP) is 2.23. The minimum absolute atomic E-state index is 0.0377. The number of fused-ring (bicyclic) bond motifs is 1. The van der Waals surface area contributed by atoms with Gasteiger partial charge in [-0.2, -0.15) is 0 Å². The van der Waals surface area contributed by atoms with Gasteiger partial charge in [-0.3, -0.25) is 14.9 Å². The number of ether oxygens (including phenoxy) is 3. The summed E-state index contributed by atoms with van der Waals surface area (Å²) in [7, 11) is 1.25. The number of amides is 1. The van der Waals surface area contributed by atoms with Gasteiger partial charge in [-0.1, -0.05) is 6.07 Å². The van der Waals surface area contributed by atoms with Gasteiger partial charge >= 0.3 is 5.97 Å². The molecule has 0 saturated carbocycles. The molecule has 1 heterocycles. The first kappa shape index (κ1) is 19.9. The minimum Gasteiger partial charge on any atom is -0.467 e. The third-order valence-corrected chi connectivity index (χ3v) is 4.28. The first-order chi connectivity index (χ1) is 13.9. The predicted molar refractivity (Wildman–Crippen MR) is 102 cm³/mol. The summed E-state index contributed by atoms with van der Waals surface area (Å²) < 4.78 is 15.2. The van der Waals surface area contributed by atoms with Crippen molar-refractivity contribution in [2.24, 2.45) is 0 Å². The molecule has 0 saturated heterocycles. The van der Waals surface area contributed by atoms with Crippen LogP contribution in [0.5, 0.6) is 11.5 Å². The number of carbonyl (C=O) groups excluding carboxylic acids is 2. The molecule has 0 bridgehead atoms. The molecule has 2 aromatic rings. The SMILES string of the molecule is COC(=O)C(C)Nc1ccc([N+](=O)[O-])cc1C(=O)NCc1ccc2c(c1)OCO2. The molecule has 0 fully saturated rings. The summed E-state index contributed by atoms with van der Waals surface area (Å²) in [5.41, 5.74) is 0.840. The van der Waals surface area contributed by atoms with Crippen LogP contribution in [0, 0.1) is 10.1 Å². The Bertz CT molecular complexity index is 961. The first-order valence-corrected chi connectivity index (χ1v) is 8.68. The zero-order chi connectivity index (χ0) is 21.0. The van der Waals surface area contributed by atoms with E-state index in [4.69, 9.17) is 9.47 Å². The van der Waals surface area contributed by atoms with Gasteiger partial charge in [-0.15, -0.1) is 0 Å². The topological polar surface area (TPSA) is 129 Å². The van der Waals surface area contributed by atoms with Crippen molar-refractivity contribution in [3.63, 3.8) is 0 Å². The molecule has 0 radical (unpaired) electrons. The highest BCUT2D eigenvalue weighted by Crippen LogP contribution is 2.32. The Morgan fingerprint density at radius 3 is 2.69 bits per heavy atom. The van der Waals surface area contributed by atoms with Gasteiger partial charge in [0.15, 0.2) is 11.5 Å². The van der Waals surface area contributed by atoms with E-state index in [1.807, 2.05) is 0 Å². The Morgan fingerprint density at radius 1 is 1.21 bits per heavy atom. The lowest BCUT2D eigenvalue weighted by molar-refractivity contribution is -0.384. The van der Waals surface area contributed by atoms with Crippen LogP contribution in [0.2, 0.25) is 0 Å². The van der Waals surface area contributed by atoms with Crippen LogP contribution in [-0.2, 0) is 16.1 Å². The van der Waals surface area contributed by atoms with Gasteiger partial charge in [0.2, 0.25) is 6.79 Å². The lowest BCUT2D eigenvalue weighted by atomic mass is 10.1. The molecule has 3 rings (SSSR count). The van der Waals surface area contributed by atoms with Crippen molar-refractivity contribution >= 4 is 23.3 Å². The number of hydrogen-bond donors (Lipinski definition) is 2. The standard InChI is InChI=1S/C19H19N3O7/c1-11(19(24)27-2)21-15-5-4-13(22(25)26)8-14(15)18(23)20-9-12-3-6-16-17(7-12)29-10-28-16/h3-8,11,21H,9-10H2,1-2H3,(H,20,23). The van der Waals surface area contributed by atoms with Gasteiger partial charge in [0.05, 0.1) is 17.6 Å². The van der Waals surface area contributed by atoms with E-state index in [1.54, 1.807) is 25.1 Å². The molecule has 1 amide bonds. The molecule has 0 aliphatic carbocycles. The molecule has 2 aromatic carbocycles. The fourth-order valence-electron chi connectivity index (χ4n) is 2.76. The number of benzene rings is 2. The van der Waals surface area contributed by atoms with Crippen molar-refractivity contribution in [1.82, 2.24) is 5.32 Å². The van der Waals surface area contributed by atoms with Crippen LogP contribution in [0.1, 0.15) is 22.8 Å². The average molecular weight is 401 g/mol. The van der Waals surface area contributed by atoms with Crippen LogP contribution in [0.15, 0.2) is 36.4 Å². The Labute approximate surface area is 165 Å². The maximum absolute atomic E-state index is 12.7. The molecule has 1 atom stereocenters. The second-order valence-electron chi connectivity index (χ2n) is 6.25. The molecule has 1 aliphatic heterocycles. The van der Waals surface area contributed by atoms with Crippen molar-refractivity contribution in [1.29, 1.82) is 0 Å². The van der Waals surface area contributed by atoms with E-state index in [9.17, 15) is 19.7 Å². The van der Waals surface area contributed by atoms with Crippen LogP contribution in [0.3, 0.4) is 0 Å². The smallest absolute Gasteiger partial charge is 0.327 e. The Hall–Kier alpha value is -3.82. The molecule has 10 heteroatoms. The zero-order valence-electron chi connectivity index (χ0n) is 15.8. The molecule has 1 unspecified atom stereocenters. The number of esters is 1. The maximum atomic E-state index is 12.7. The second-order valence-corrected chi connectivity index (χ2v) is 6.25. The number of hydrogen-bond acceptors (Lipinski definition) is 8. The Kier molecular flexibility index (Phi) is 5.82. The van der Waals surface area contributed by atoms with E-state index in [1.165, 1.54) is 19.2 Å². The van der Waals surface area contributed by atoms with Crippen LogP contribution in [0.4, 0.5) is 11.4 Å². The zero-order valence-corrected chi connectivity index (χ0v) is 15.8. The molecular weight excluding hydrogens is 382 g/mol. The highest BCUT2D eigenvalue weighted by atomic mass is 16.7. The lowest BCUT2D eigenvalue weighted by Gasteiger charge is -2.16. The summed E-state index contributed by atoms with van der Waals surface area (Å²) in [6, 6.07) is 8.30. The highest BCUT2D eigenvalue weighted by Gasteiger charge is 2.21. The molecule has 1 aliphatic rings. The molecule has 152 valence electrons. The maximum Gasteiger partial charge on any atom is 0.327 e. The van der Waals surface area contributed by atoms with E-state index >= 15 is 0 Å². The summed E-state index contributed by atoms with van der Waals surface area (Å²) in [6.07, 6.45) is 0. The van der Waals surface area contributed by atoms with E-state index < -0.39 is 22.8 Å². The summed E-state index contributed by atoms with van der Waals surface area (Å²) in [6.45, 7) is 1.87. The van der Waals surface area contributed by atoms with E-state index in [-0.39, 0.29) is 30.3 Å². The van der Waals surface area contributed by atoms with Gasteiger partial charge in [-0.25, -0.2) is 4.79 Å². The average Bonchev–Trinajstić information content (AvgIpc) is 3.19. The molecule has 0 spiro atoms. The highest BCUT2D eigenvalue weighted by molar-refractivity contribution is 6.00. The van der Waals surface area contributed by atoms with Crippen molar-refractivity contribution in [2.75, 3.05) is 19.2 Å². The summed E-state index contributed by atoms with van der Waals surface area (Å²) >= 11 is 0. The van der Waals surface area contributed by atoms with Crippen LogP contribution in [0.25, 0.3) is 0 Å². The van der Waals surface area contributed by atoms with E-state index in [0.29, 0.717) is 11.5 Å². The van der Waals surface area contributed by atoms with Crippen molar-refractivity contribution < 1.29 is 28.7 Å². The van der Waals surface area contributed by atoms with Crippen LogP contribution < -0.4 is 20.1 Å². The Balaban J connectivity index is 1.78. The first-order valence-electron chi connectivity index (χ1n) is 8.68. The van der Waals surface area contributed by atoms with E-state index in [2.05, 4.69) is 15.4 Å². The molecule has 29 heavy (non-hydrogen) atoms. The largest absolute Gasteiger partial charge is 0.467 e. The third kappa shape index (κ3) is 4.54. The molecule has 2 N–H and O–H groups in total. The minimum atomic E-state index is -0.748. The number of nitro groups is 1. The summed E-state index contributed by atoms with van der Waals surface area (Å²) in [5, 5.41) is 16.7. The number of nitrogens with zero attached hydrogens (tertiary/aromatic N) is 1. The van der Waals surface area contributed by atoms with Gasteiger partial charge in [0, 0.05) is 24.4 Å². The number of anilines is 1. The molecule has 0 aromatic heterocycles. The number of nitro benzene ring substituents is 1. The van der Waals surface area contributed by atoms with E-state index in [0.717, 1.165) is 11.6 Å². The lowest BCUT2D eigenvalue weighted by Crippen LogP contribution is -2.30. The van der Waals surface area contributed by atoms with Crippen LogP contribution >= 0.6 is 0 Å². The van der Waals surface area contributed by atoms with Crippen molar-refractivity contribution in [3.8, 4) is 11.5 Å². The van der Waals surface area contributed by atoms with Crippen molar-refractivity contribution in [3.05, 3.63) is 57.6 Å². The number of methoxy groups -OCH3 is 1. The Morgan fingerprint density at radius 2 is 1.97 bits per heavy atom. The monoisotopic (exact) mass is 401 g/mol. The number of carbonyl (C=O) groups is 2. The van der Waals surface area contributed by atoms with Gasteiger partial charge in [-0.05, 0) is 30.7 Å². The van der Waals surface area contributed by atoms with Crippen LogP contribution in [-0.4, -0.2) is 36.7 Å². The fourth-order valence-corrected chi connectivity index (χ4v) is 2.76. The quantitative estimate of drug-likeness (QED) is 0.410. The number of non-ortho nitro benzene ring substituents is 1. The molecular formula is C19H19N3O7. The fraction of sp³-hybridized carbons (Fsp3) is 0.263. The summed E-state index contributed by atoms with van der Waals surface area (Å²) in [5.74, 6) is 0.143. The third-order valence-electron chi connectivity index (χ3n) is 4.28. The van der Waals surface area contributed by atoms with Gasteiger partial charge in [0.1, 0.15) is 6.04 Å².